The van der Waals surface area contributed by atoms with E-state index in [0.29, 0.717) is 13.0 Å². The van der Waals surface area contributed by atoms with Gasteiger partial charge in [0.05, 0.1) is 0 Å². The van der Waals surface area contributed by atoms with Crippen LogP contribution in [-0.4, -0.2) is 24.3 Å². The molecule has 0 aliphatic heterocycles. The van der Waals surface area contributed by atoms with Gasteiger partial charge in [0, 0.05) is 24.9 Å². The van der Waals surface area contributed by atoms with E-state index in [4.69, 9.17) is 10.8 Å². The van der Waals surface area contributed by atoms with E-state index in [9.17, 15) is 8.78 Å². The molecule has 0 fully saturated rings. The summed E-state index contributed by atoms with van der Waals surface area (Å²) >= 11 is 0. The number of nitrogen functional groups attached to an aromatic ring is 1. The second kappa shape index (κ2) is 5.82. The van der Waals surface area contributed by atoms with Gasteiger partial charge in [0.1, 0.15) is 5.69 Å². The van der Waals surface area contributed by atoms with Crippen molar-refractivity contribution in [2.75, 3.05) is 23.8 Å². The molecule has 0 atom stereocenters. The molecule has 0 radical (unpaired) electrons. The van der Waals surface area contributed by atoms with Gasteiger partial charge in [0.25, 0.3) is 0 Å². The van der Waals surface area contributed by atoms with Crippen LogP contribution in [0.2, 0.25) is 0 Å². The maximum absolute atomic E-state index is 13.7. The molecule has 17 heavy (non-hydrogen) atoms. The number of aliphatic hydroxyl groups is 1. The van der Waals surface area contributed by atoms with Gasteiger partial charge in [0.2, 0.25) is 0 Å². The van der Waals surface area contributed by atoms with Gasteiger partial charge in [-0.15, -0.1) is 0 Å². The van der Waals surface area contributed by atoms with Gasteiger partial charge in [0.15, 0.2) is 11.6 Å². The highest BCUT2D eigenvalue weighted by molar-refractivity contribution is 5.56. The lowest BCUT2D eigenvalue weighted by atomic mass is 10.2. The minimum absolute atomic E-state index is 0.0125. The minimum atomic E-state index is -0.672. The molecular weight excluding hydrogens is 226 g/mol. The van der Waals surface area contributed by atoms with E-state index >= 15 is 0 Å². The van der Waals surface area contributed by atoms with Crippen LogP contribution in [0.3, 0.4) is 0 Å². The fourth-order valence-electron chi connectivity index (χ4n) is 1.73. The molecule has 5 heteroatoms. The summed E-state index contributed by atoms with van der Waals surface area (Å²) < 4.78 is 27.4. The second-order valence-electron chi connectivity index (χ2n) is 4.20. The molecule has 0 spiro atoms. The first-order valence-corrected chi connectivity index (χ1v) is 5.59. The summed E-state index contributed by atoms with van der Waals surface area (Å²) in [7, 11) is 0. The monoisotopic (exact) mass is 244 g/mol. The Morgan fingerprint density at radius 1 is 1.29 bits per heavy atom. The van der Waals surface area contributed by atoms with Gasteiger partial charge in [-0.3, -0.25) is 0 Å². The van der Waals surface area contributed by atoms with Crippen LogP contribution < -0.4 is 10.6 Å². The van der Waals surface area contributed by atoms with Crippen LogP contribution in [0.15, 0.2) is 12.1 Å². The van der Waals surface area contributed by atoms with Crippen molar-refractivity contribution < 1.29 is 13.9 Å². The second-order valence-corrected chi connectivity index (χ2v) is 4.20. The molecular formula is C12H18F2N2O. The number of nitrogens with zero attached hydrogens (tertiary/aromatic N) is 1. The molecule has 1 aromatic rings. The Morgan fingerprint density at radius 2 is 1.82 bits per heavy atom. The molecule has 0 bridgehead atoms. The fourth-order valence-corrected chi connectivity index (χ4v) is 1.73. The Kier molecular flexibility index (Phi) is 4.69. The Balaban J connectivity index is 3.09. The number of hydrogen-bond donors (Lipinski definition) is 2. The van der Waals surface area contributed by atoms with E-state index in [-0.39, 0.29) is 24.0 Å². The lowest BCUT2D eigenvalue weighted by Gasteiger charge is -2.29. The van der Waals surface area contributed by atoms with Crippen molar-refractivity contribution in [1.82, 2.24) is 0 Å². The molecule has 1 aromatic carbocycles. The van der Waals surface area contributed by atoms with Crippen LogP contribution in [0.5, 0.6) is 0 Å². The number of rotatable bonds is 5. The van der Waals surface area contributed by atoms with Gasteiger partial charge >= 0.3 is 0 Å². The van der Waals surface area contributed by atoms with Gasteiger partial charge in [-0.05, 0) is 32.4 Å². The molecule has 3 nitrogen and oxygen atoms in total. The summed E-state index contributed by atoms with van der Waals surface area (Å²) in [5.74, 6) is -1.34. The zero-order valence-electron chi connectivity index (χ0n) is 10.1. The van der Waals surface area contributed by atoms with Crippen molar-refractivity contribution in [2.45, 2.75) is 26.3 Å². The topological polar surface area (TPSA) is 49.5 Å². The summed E-state index contributed by atoms with van der Waals surface area (Å²) in [5, 5.41) is 8.79. The van der Waals surface area contributed by atoms with Crippen molar-refractivity contribution in [3.63, 3.8) is 0 Å². The van der Waals surface area contributed by atoms with Gasteiger partial charge < -0.3 is 15.7 Å². The third kappa shape index (κ3) is 3.30. The first-order valence-electron chi connectivity index (χ1n) is 5.59. The van der Waals surface area contributed by atoms with E-state index in [1.165, 1.54) is 0 Å². The molecule has 0 amide bonds. The summed E-state index contributed by atoms with van der Waals surface area (Å²) in [6.45, 7) is 4.06. The van der Waals surface area contributed by atoms with Crippen LogP contribution in [-0.2, 0) is 0 Å². The van der Waals surface area contributed by atoms with E-state index in [2.05, 4.69) is 0 Å². The average Bonchev–Trinajstić information content (AvgIpc) is 2.20. The SMILES string of the molecule is CC(C)N(CCCO)c1c(F)cc(N)cc1F. The first kappa shape index (κ1) is 13.7. The van der Waals surface area contributed by atoms with Gasteiger partial charge in [-0.2, -0.15) is 0 Å². The molecule has 0 saturated heterocycles. The van der Waals surface area contributed by atoms with Crippen molar-refractivity contribution >= 4 is 11.4 Å². The first-order chi connectivity index (χ1) is 7.97. The molecule has 3 N–H and O–H groups in total. The number of aliphatic hydroxyl groups excluding tert-OH is 1. The summed E-state index contributed by atoms with van der Waals surface area (Å²) in [6, 6.07) is 2.15. The third-order valence-corrected chi connectivity index (χ3v) is 2.51. The number of benzene rings is 1. The Morgan fingerprint density at radius 3 is 2.24 bits per heavy atom. The van der Waals surface area contributed by atoms with Crippen LogP contribution >= 0.6 is 0 Å². The van der Waals surface area contributed by atoms with Crippen LogP contribution in [0, 0.1) is 11.6 Å². The van der Waals surface area contributed by atoms with Crippen LogP contribution in [0.25, 0.3) is 0 Å². The summed E-state index contributed by atoms with van der Waals surface area (Å²) in [4.78, 5) is 1.58. The quantitative estimate of drug-likeness (QED) is 0.780. The number of hydrogen-bond acceptors (Lipinski definition) is 3. The summed E-state index contributed by atoms with van der Waals surface area (Å²) in [6.07, 6.45) is 0.460. The normalized spacial score (nSPS) is 10.9. The average molecular weight is 244 g/mol. The predicted molar refractivity (Wildman–Crippen MR) is 65.0 cm³/mol. The lowest BCUT2D eigenvalue weighted by molar-refractivity contribution is 0.288. The smallest absolute Gasteiger partial charge is 0.151 e. The Labute approximate surface area is 99.8 Å². The molecule has 1 rings (SSSR count). The van der Waals surface area contributed by atoms with Crippen molar-refractivity contribution in [2.24, 2.45) is 0 Å². The van der Waals surface area contributed by atoms with Crippen LogP contribution in [0.1, 0.15) is 20.3 Å². The van der Waals surface area contributed by atoms with Gasteiger partial charge in [-0.1, -0.05) is 0 Å². The lowest BCUT2D eigenvalue weighted by Crippen LogP contribution is -2.33. The number of nitrogens with two attached hydrogens (primary N) is 1. The van der Waals surface area contributed by atoms with Crippen molar-refractivity contribution in [3.8, 4) is 0 Å². The van der Waals surface area contributed by atoms with E-state index < -0.39 is 11.6 Å². The van der Waals surface area contributed by atoms with Crippen molar-refractivity contribution in [1.29, 1.82) is 0 Å². The molecule has 0 aromatic heterocycles. The maximum Gasteiger partial charge on any atom is 0.151 e. The molecule has 0 heterocycles. The third-order valence-electron chi connectivity index (χ3n) is 2.51. The van der Waals surface area contributed by atoms with Crippen molar-refractivity contribution in [3.05, 3.63) is 23.8 Å². The fraction of sp³-hybridized carbons (Fsp3) is 0.500. The number of anilines is 2. The largest absolute Gasteiger partial charge is 0.399 e. The molecule has 0 aliphatic rings. The Hall–Kier alpha value is -1.36. The minimum Gasteiger partial charge on any atom is -0.399 e. The zero-order chi connectivity index (χ0) is 13.0. The Bertz CT molecular complexity index is 360. The molecule has 0 saturated carbocycles. The zero-order valence-corrected chi connectivity index (χ0v) is 10.1. The molecule has 96 valence electrons. The van der Waals surface area contributed by atoms with Crippen LogP contribution in [0.4, 0.5) is 20.2 Å². The highest BCUT2D eigenvalue weighted by atomic mass is 19.1. The molecule has 0 aliphatic carbocycles. The highest BCUT2D eigenvalue weighted by Crippen LogP contribution is 2.27. The highest BCUT2D eigenvalue weighted by Gasteiger charge is 2.19. The van der Waals surface area contributed by atoms with E-state index in [1.54, 1.807) is 4.90 Å². The van der Waals surface area contributed by atoms with Gasteiger partial charge in [-0.25, -0.2) is 8.78 Å². The number of halogens is 2. The predicted octanol–water partition coefficient (Wildman–Crippen LogP) is 2.14. The standard InChI is InChI=1S/C12H18F2N2O/c1-8(2)16(4-3-5-17)12-10(13)6-9(15)7-11(12)14/h6-8,17H,3-5,15H2,1-2H3. The van der Waals surface area contributed by atoms with E-state index in [0.717, 1.165) is 12.1 Å². The maximum atomic E-state index is 13.7. The molecule has 0 unspecified atom stereocenters. The van der Waals surface area contributed by atoms with E-state index in [1.807, 2.05) is 13.8 Å². The summed E-state index contributed by atoms with van der Waals surface area (Å²) in [5.41, 5.74) is 5.35.